The van der Waals surface area contributed by atoms with Crippen molar-refractivity contribution < 1.29 is 9.59 Å². The quantitative estimate of drug-likeness (QED) is 0.872. The van der Waals surface area contributed by atoms with E-state index in [4.69, 9.17) is 0 Å². The summed E-state index contributed by atoms with van der Waals surface area (Å²) in [6.45, 7) is 5.37. The molecule has 0 saturated carbocycles. The van der Waals surface area contributed by atoms with E-state index < -0.39 is 5.41 Å². The van der Waals surface area contributed by atoms with Gasteiger partial charge in [0.25, 0.3) is 0 Å². The number of nitrogens with one attached hydrogen (secondary N) is 1. The van der Waals surface area contributed by atoms with Crippen LogP contribution in [0, 0.1) is 5.41 Å². The number of benzene rings is 1. The summed E-state index contributed by atoms with van der Waals surface area (Å²) in [7, 11) is 0. The van der Waals surface area contributed by atoms with Crippen LogP contribution in [0.3, 0.4) is 0 Å². The Kier molecular flexibility index (Phi) is 5.77. The van der Waals surface area contributed by atoms with Gasteiger partial charge in [-0.3, -0.25) is 9.59 Å². The molecule has 0 radical (unpaired) electrons. The first kappa shape index (κ1) is 18.6. The fourth-order valence-electron chi connectivity index (χ4n) is 3.87. The molecule has 1 fully saturated rings. The second kappa shape index (κ2) is 8.04. The van der Waals surface area contributed by atoms with Crippen molar-refractivity contribution in [3.8, 4) is 10.4 Å². The molecule has 0 aliphatic carbocycles. The van der Waals surface area contributed by atoms with Crippen molar-refractivity contribution in [3.63, 3.8) is 0 Å². The molecule has 4 nitrogen and oxygen atoms in total. The largest absolute Gasteiger partial charge is 0.356 e. The summed E-state index contributed by atoms with van der Waals surface area (Å²) in [6, 6.07) is 12.5. The Morgan fingerprint density at radius 3 is 2.73 bits per heavy atom. The van der Waals surface area contributed by atoms with E-state index in [0.717, 1.165) is 19.4 Å². The lowest BCUT2D eigenvalue weighted by atomic mass is 9.73. The Morgan fingerprint density at radius 2 is 2.04 bits per heavy atom. The van der Waals surface area contributed by atoms with Crippen LogP contribution in [-0.4, -0.2) is 36.3 Å². The first-order valence-electron chi connectivity index (χ1n) is 9.21. The molecule has 3 rings (SSSR count). The molecule has 1 aromatic heterocycles. The predicted molar refractivity (Wildman–Crippen MR) is 106 cm³/mol. The van der Waals surface area contributed by atoms with Crippen LogP contribution >= 0.6 is 11.3 Å². The fraction of sp³-hybridized carbons (Fsp3) is 0.429. The third kappa shape index (κ3) is 3.83. The molecule has 1 aromatic carbocycles. The topological polar surface area (TPSA) is 49.4 Å². The second-order valence-electron chi connectivity index (χ2n) is 7.00. The number of hydrogen-bond acceptors (Lipinski definition) is 3. The minimum atomic E-state index is -0.562. The van der Waals surface area contributed by atoms with E-state index >= 15 is 0 Å². The van der Waals surface area contributed by atoms with Gasteiger partial charge in [0.15, 0.2) is 0 Å². The van der Waals surface area contributed by atoms with Crippen molar-refractivity contribution in [2.24, 2.45) is 5.41 Å². The Hall–Kier alpha value is -2.14. The maximum absolute atomic E-state index is 13.0. The number of rotatable bonds is 5. The van der Waals surface area contributed by atoms with Gasteiger partial charge >= 0.3 is 0 Å². The number of piperidine rings is 1. The van der Waals surface area contributed by atoms with Crippen molar-refractivity contribution in [1.29, 1.82) is 0 Å². The van der Waals surface area contributed by atoms with Gasteiger partial charge in [-0.15, -0.1) is 11.3 Å². The molecule has 26 heavy (non-hydrogen) atoms. The van der Waals surface area contributed by atoms with Crippen molar-refractivity contribution in [1.82, 2.24) is 10.2 Å². The molecule has 1 N–H and O–H groups in total. The van der Waals surface area contributed by atoms with Gasteiger partial charge in [0, 0.05) is 31.4 Å². The molecule has 1 atom stereocenters. The number of likely N-dealkylation sites (tertiary alicyclic amines) is 1. The zero-order valence-electron chi connectivity index (χ0n) is 15.5. The van der Waals surface area contributed by atoms with Gasteiger partial charge in [-0.25, -0.2) is 0 Å². The number of carbonyl (C=O) groups excluding carboxylic acids is 2. The van der Waals surface area contributed by atoms with E-state index in [9.17, 15) is 9.59 Å². The highest BCUT2D eigenvalue weighted by atomic mass is 32.1. The van der Waals surface area contributed by atoms with E-state index in [2.05, 4.69) is 35.0 Å². The lowest BCUT2D eigenvalue weighted by Crippen LogP contribution is -2.54. The lowest BCUT2D eigenvalue weighted by Gasteiger charge is -2.41. The summed E-state index contributed by atoms with van der Waals surface area (Å²) in [5.41, 5.74) is 1.80. The van der Waals surface area contributed by atoms with Crippen LogP contribution in [-0.2, 0) is 16.0 Å². The van der Waals surface area contributed by atoms with Crippen molar-refractivity contribution >= 4 is 23.2 Å². The van der Waals surface area contributed by atoms with Gasteiger partial charge in [-0.2, -0.15) is 0 Å². The molecule has 1 unspecified atom stereocenters. The molecule has 1 aliphatic heterocycles. The number of carbonyl (C=O) groups is 2. The minimum Gasteiger partial charge on any atom is -0.356 e. The molecule has 2 aromatic rings. The van der Waals surface area contributed by atoms with Gasteiger partial charge in [-0.1, -0.05) is 30.3 Å². The standard InChI is InChI=1S/C21H26N2O2S/c1-3-22-20(25)21(11-7-12-23(15-21)16(2)24)14-17-8-4-5-9-18(17)19-10-6-13-26-19/h4-6,8-10,13H,3,7,11-12,14-15H2,1-2H3,(H,22,25). The highest BCUT2D eigenvalue weighted by molar-refractivity contribution is 7.13. The van der Waals surface area contributed by atoms with Crippen LogP contribution in [0.4, 0.5) is 0 Å². The normalized spacial score (nSPS) is 20.0. The van der Waals surface area contributed by atoms with Gasteiger partial charge in [-0.05, 0) is 48.8 Å². The number of amides is 2. The van der Waals surface area contributed by atoms with Crippen LogP contribution < -0.4 is 5.32 Å². The molecule has 2 heterocycles. The van der Waals surface area contributed by atoms with Gasteiger partial charge in [0.2, 0.25) is 11.8 Å². The Labute approximate surface area is 159 Å². The summed E-state index contributed by atoms with van der Waals surface area (Å²) in [5, 5.41) is 5.09. The Balaban J connectivity index is 1.97. The molecular weight excluding hydrogens is 344 g/mol. The molecule has 5 heteroatoms. The number of hydrogen-bond donors (Lipinski definition) is 1. The predicted octanol–water partition coefficient (Wildman–Crippen LogP) is 3.72. The summed E-state index contributed by atoms with van der Waals surface area (Å²) < 4.78 is 0. The second-order valence-corrected chi connectivity index (χ2v) is 7.94. The van der Waals surface area contributed by atoms with Crippen LogP contribution in [0.1, 0.15) is 32.3 Å². The average Bonchev–Trinajstić information content (AvgIpc) is 3.17. The number of nitrogens with zero attached hydrogens (tertiary/aromatic N) is 1. The SMILES string of the molecule is CCNC(=O)C1(Cc2ccccc2-c2cccs2)CCCN(C(C)=O)C1. The Morgan fingerprint density at radius 1 is 1.23 bits per heavy atom. The maximum atomic E-state index is 13.0. The van der Waals surface area contributed by atoms with Crippen LogP contribution in [0.25, 0.3) is 10.4 Å². The summed E-state index contributed by atoms with van der Waals surface area (Å²) in [4.78, 5) is 28.1. The summed E-state index contributed by atoms with van der Waals surface area (Å²) >= 11 is 1.71. The van der Waals surface area contributed by atoms with Crippen molar-refractivity contribution in [3.05, 3.63) is 47.3 Å². The molecule has 0 bridgehead atoms. The van der Waals surface area contributed by atoms with E-state index in [1.807, 2.05) is 24.0 Å². The summed E-state index contributed by atoms with van der Waals surface area (Å²) in [5.74, 6) is 0.108. The molecular formula is C21H26N2O2S. The Bertz CT molecular complexity index is 772. The smallest absolute Gasteiger partial charge is 0.228 e. The third-order valence-corrected chi connectivity index (χ3v) is 6.08. The minimum absolute atomic E-state index is 0.0462. The monoisotopic (exact) mass is 370 g/mol. The summed E-state index contributed by atoms with van der Waals surface area (Å²) in [6.07, 6.45) is 2.32. The average molecular weight is 371 g/mol. The van der Waals surface area contributed by atoms with E-state index in [1.54, 1.807) is 18.3 Å². The van der Waals surface area contributed by atoms with Gasteiger partial charge < -0.3 is 10.2 Å². The zero-order valence-corrected chi connectivity index (χ0v) is 16.3. The van der Waals surface area contributed by atoms with Crippen LogP contribution in [0.2, 0.25) is 0 Å². The van der Waals surface area contributed by atoms with Gasteiger partial charge in [0.1, 0.15) is 0 Å². The molecule has 1 aliphatic rings. The highest BCUT2D eigenvalue weighted by Gasteiger charge is 2.43. The fourth-order valence-corrected chi connectivity index (χ4v) is 4.66. The third-order valence-electron chi connectivity index (χ3n) is 5.17. The zero-order chi connectivity index (χ0) is 18.6. The van der Waals surface area contributed by atoms with Crippen LogP contribution in [0.5, 0.6) is 0 Å². The lowest BCUT2D eigenvalue weighted by molar-refractivity contribution is -0.140. The molecule has 2 amide bonds. The van der Waals surface area contributed by atoms with Crippen LogP contribution in [0.15, 0.2) is 41.8 Å². The highest BCUT2D eigenvalue weighted by Crippen LogP contribution is 2.38. The molecule has 1 saturated heterocycles. The van der Waals surface area contributed by atoms with E-state index in [-0.39, 0.29) is 11.8 Å². The van der Waals surface area contributed by atoms with E-state index in [0.29, 0.717) is 19.5 Å². The van der Waals surface area contributed by atoms with Crippen molar-refractivity contribution in [2.75, 3.05) is 19.6 Å². The van der Waals surface area contributed by atoms with E-state index in [1.165, 1.54) is 16.0 Å². The van der Waals surface area contributed by atoms with Crippen molar-refractivity contribution in [2.45, 2.75) is 33.1 Å². The number of thiophene rings is 1. The maximum Gasteiger partial charge on any atom is 0.228 e. The molecule has 0 spiro atoms. The molecule has 138 valence electrons. The first-order valence-corrected chi connectivity index (χ1v) is 10.1. The van der Waals surface area contributed by atoms with Gasteiger partial charge in [0.05, 0.1) is 5.41 Å². The first-order chi connectivity index (χ1) is 12.6.